The molecule has 2 heteroatoms. The largest absolute Gasteiger partial charge is 0.303 e. The van der Waals surface area contributed by atoms with E-state index >= 15 is 0 Å². The second-order valence-corrected chi connectivity index (χ2v) is 5.60. The van der Waals surface area contributed by atoms with Crippen molar-refractivity contribution in [1.82, 2.24) is 10.2 Å². The topological polar surface area (TPSA) is 15.3 Å². The number of nitrogens with one attached hydrogen (secondary N) is 1. The molecule has 0 spiro atoms. The van der Waals surface area contributed by atoms with Crippen LogP contribution in [0.5, 0.6) is 0 Å². The van der Waals surface area contributed by atoms with Crippen molar-refractivity contribution < 1.29 is 0 Å². The lowest BCUT2D eigenvalue weighted by Crippen LogP contribution is -2.45. The van der Waals surface area contributed by atoms with E-state index in [0.29, 0.717) is 6.04 Å². The summed E-state index contributed by atoms with van der Waals surface area (Å²) in [5, 5.41) is 3.60. The molecule has 1 N–H and O–H groups in total. The van der Waals surface area contributed by atoms with Gasteiger partial charge in [-0.3, -0.25) is 0 Å². The van der Waals surface area contributed by atoms with Gasteiger partial charge in [0.2, 0.25) is 0 Å². The Labute approximate surface area is 116 Å². The predicted molar refractivity (Wildman–Crippen MR) is 78.9 cm³/mol. The SMILES string of the molecule is C(#Cc1ccccc1)CNC1CCN2CCCC2C1. The molecule has 1 aromatic rings. The lowest BCUT2D eigenvalue weighted by atomic mass is 9.98. The van der Waals surface area contributed by atoms with Gasteiger partial charge >= 0.3 is 0 Å². The van der Waals surface area contributed by atoms with Crippen molar-refractivity contribution in [2.75, 3.05) is 19.6 Å². The molecule has 0 radical (unpaired) electrons. The number of fused-ring (bicyclic) bond motifs is 1. The standard InChI is InChI=1S/C17H22N2/c1-2-6-15(7-3-1)8-4-11-18-16-10-13-19-12-5-9-17(19)14-16/h1-3,6-7,16-18H,5,9-14H2. The van der Waals surface area contributed by atoms with Gasteiger partial charge in [0.05, 0.1) is 6.54 Å². The summed E-state index contributed by atoms with van der Waals surface area (Å²) in [5.74, 6) is 6.44. The van der Waals surface area contributed by atoms with Crippen LogP contribution in [0.2, 0.25) is 0 Å². The molecule has 3 rings (SSSR count). The zero-order valence-electron chi connectivity index (χ0n) is 11.4. The summed E-state index contributed by atoms with van der Waals surface area (Å²) in [6.07, 6.45) is 5.38. The van der Waals surface area contributed by atoms with Crippen LogP contribution in [0.4, 0.5) is 0 Å². The Balaban J connectivity index is 1.44. The first-order chi connectivity index (χ1) is 9.42. The van der Waals surface area contributed by atoms with E-state index in [1.165, 1.54) is 38.8 Å². The molecule has 0 bridgehead atoms. The molecule has 2 aliphatic heterocycles. The summed E-state index contributed by atoms with van der Waals surface area (Å²) >= 11 is 0. The van der Waals surface area contributed by atoms with E-state index in [0.717, 1.165) is 18.2 Å². The molecule has 2 saturated heterocycles. The highest BCUT2D eigenvalue weighted by Gasteiger charge is 2.30. The average Bonchev–Trinajstić information content (AvgIpc) is 2.92. The van der Waals surface area contributed by atoms with E-state index in [9.17, 15) is 0 Å². The Hall–Kier alpha value is -1.30. The Morgan fingerprint density at radius 2 is 2.05 bits per heavy atom. The molecule has 2 fully saturated rings. The molecule has 0 amide bonds. The molecular weight excluding hydrogens is 232 g/mol. The molecule has 2 unspecified atom stereocenters. The van der Waals surface area contributed by atoms with Crippen LogP contribution in [0.25, 0.3) is 0 Å². The van der Waals surface area contributed by atoms with Gasteiger partial charge in [-0.1, -0.05) is 30.0 Å². The minimum absolute atomic E-state index is 0.671. The van der Waals surface area contributed by atoms with E-state index in [-0.39, 0.29) is 0 Å². The Kier molecular flexibility index (Phi) is 4.17. The lowest BCUT2D eigenvalue weighted by Gasteiger charge is -2.34. The Morgan fingerprint density at radius 1 is 1.16 bits per heavy atom. The molecular formula is C17H22N2. The first-order valence-electron chi connectivity index (χ1n) is 7.43. The maximum absolute atomic E-state index is 3.60. The molecule has 100 valence electrons. The summed E-state index contributed by atoms with van der Waals surface area (Å²) in [5.41, 5.74) is 1.11. The first kappa shape index (κ1) is 12.7. The fourth-order valence-corrected chi connectivity index (χ4v) is 3.27. The minimum Gasteiger partial charge on any atom is -0.303 e. The van der Waals surface area contributed by atoms with Gasteiger partial charge in [0.15, 0.2) is 0 Å². The number of hydrogen-bond acceptors (Lipinski definition) is 2. The molecule has 2 heterocycles. The highest BCUT2D eigenvalue weighted by atomic mass is 15.2. The number of nitrogens with zero attached hydrogens (tertiary/aromatic N) is 1. The summed E-state index contributed by atoms with van der Waals surface area (Å²) in [4.78, 5) is 2.66. The number of rotatable bonds is 2. The maximum Gasteiger partial charge on any atom is 0.0582 e. The summed E-state index contributed by atoms with van der Waals surface area (Å²) in [6, 6.07) is 11.7. The molecule has 2 aliphatic rings. The van der Waals surface area contributed by atoms with Crippen molar-refractivity contribution in [3.8, 4) is 11.8 Å². The third kappa shape index (κ3) is 3.37. The number of benzene rings is 1. The van der Waals surface area contributed by atoms with Crippen LogP contribution >= 0.6 is 0 Å². The normalized spacial score (nSPS) is 26.5. The van der Waals surface area contributed by atoms with E-state index in [4.69, 9.17) is 0 Å². The minimum atomic E-state index is 0.671. The van der Waals surface area contributed by atoms with Gasteiger partial charge < -0.3 is 10.2 Å². The van der Waals surface area contributed by atoms with Crippen LogP contribution in [-0.2, 0) is 0 Å². The van der Waals surface area contributed by atoms with Crippen LogP contribution in [0.15, 0.2) is 30.3 Å². The van der Waals surface area contributed by atoms with Gasteiger partial charge in [0.25, 0.3) is 0 Å². The molecule has 0 saturated carbocycles. The van der Waals surface area contributed by atoms with Crippen molar-refractivity contribution in [2.45, 2.75) is 37.8 Å². The molecule has 0 aliphatic carbocycles. The third-order valence-corrected chi connectivity index (χ3v) is 4.31. The van der Waals surface area contributed by atoms with Crippen molar-refractivity contribution in [1.29, 1.82) is 0 Å². The number of hydrogen-bond donors (Lipinski definition) is 1. The summed E-state index contributed by atoms with van der Waals surface area (Å²) in [6.45, 7) is 3.41. The summed E-state index contributed by atoms with van der Waals surface area (Å²) in [7, 11) is 0. The maximum atomic E-state index is 3.60. The fraction of sp³-hybridized carbons (Fsp3) is 0.529. The lowest BCUT2D eigenvalue weighted by molar-refractivity contribution is 0.169. The average molecular weight is 254 g/mol. The molecule has 19 heavy (non-hydrogen) atoms. The highest BCUT2D eigenvalue weighted by molar-refractivity contribution is 5.33. The fourth-order valence-electron chi connectivity index (χ4n) is 3.27. The van der Waals surface area contributed by atoms with Gasteiger partial charge in [-0.15, -0.1) is 0 Å². The molecule has 2 nitrogen and oxygen atoms in total. The van der Waals surface area contributed by atoms with Gasteiger partial charge in [-0.25, -0.2) is 0 Å². The number of piperidine rings is 1. The Bertz CT molecular complexity index is 457. The van der Waals surface area contributed by atoms with Crippen molar-refractivity contribution in [3.05, 3.63) is 35.9 Å². The van der Waals surface area contributed by atoms with Crippen LogP contribution in [0, 0.1) is 11.8 Å². The van der Waals surface area contributed by atoms with Crippen LogP contribution in [-0.4, -0.2) is 36.6 Å². The van der Waals surface area contributed by atoms with E-state index in [2.05, 4.69) is 34.2 Å². The monoisotopic (exact) mass is 254 g/mol. The van der Waals surface area contributed by atoms with Crippen LogP contribution in [0.3, 0.4) is 0 Å². The van der Waals surface area contributed by atoms with Crippen LogP contribution < -0.4 is 5.32 Å². The first-order valence-corrected chi connectivity index (χ1v) is 7.43. The molecule has 1 aromatic carbocycles. The van der Waals surface area contributed by atoms with E-state index in [1.807, 2.05) is 18.2 Å². The zero-order chi connectivity index (χ0) is 12.9. The van der Waals surface area contributed by atoms with Gasteiger partial charge in [0.1, 0.15) is 0 Å². The second-order valence-electron chi connectivity index (χ2n) is 5.60. The van der Waals surface area contributed by atoms with Crippen molar-refractivity contribution >= 4 is 0 Å². The second kappa shape index (κ2) is 6.23. The van der Waals surface area contributed by atoms with E-state index < -0.39 is 0 Å². The van der Waals surface area contributed by atoms with E-state index in [1.54, 1.807) is 0 Å². The zero-order valence-corrected chi connectivity index (χ0v) is 11.4. The predicted octanol–water partition coefficient (Wildman–Crippen LogP) is 2.25. The van der Waals surface area contributed by atoms with Gasteiger partial charge in [-0.2, -0.15) is 0 Å². The third-order valence-electron chi connectivity index (χ3n) is 4.31. The summed E-state index contributed by atoms with van der Waals surface area (Å²) < 4.78 is 0. The van der Waals surface area contributed by atoms with Crippen LogP contribution in [0.1, 0.15) is 31.2 Å². The van der Waals surface area contributed by atoms with Crippen molar-refractivity contribution in [2.24, 2.45) is 0 Å². The smallest absolute Gasteiger partial charge is 0.0582 e. The molecule has 2 atom stereocenters. The quantitative estimate of drug-likeness (QED) is 0.814. The Morgan fingerprint density at radius 3 is 2.95 bits per heavy atom. The van der Waals surface area contributed by atoms with Gasteiger partial charge in [0, 0.05) is 17.6 Å². The van der Waals surface area contributed by atoms with Gasteiger partial charge in [-0.05, 0) is 50.9 Å². The molecule has 0 aromatic heterocycles. The highest BCUT2D eigenvalue weighted by Crippen LogP contribution is 2.26. The van der Waals surface area contributed by atoms with Crippen molar-refractivity contribution in [3.63, 3.8) is 0 Å².